The molecule has 0 radical (unpaired) electrons. The maximum absolute atomic E-state index is 6.10. The number of benzene rings is 1. The summed E-state index contributed by atoms with van der Waals surface area (Å²) in [4.78, 5) is 13.4. The van der Waals surface area contributed by atoms with Crippen LogP contribution >= 0.6 is 11.3 Å². The minimum absolute atomic E-state index is 0.663. The lowest BCUT2D eigenvalue weighted by atomic mass is 10.1. The Morgan fingerprint density at radius 2 is 1.81 bits per heavy atom. The van der Waals surface area contributed by atoms with Gasteiger partial charge in [0.1, 0.15) is 11.3 Å². The first kappa shape index (κ1) is 16.5. The van der Waals surface area contributed by atoms with Gasteiger partial charge in [-0.2, -0.15) is 0 Å². The van der Waals surface area contributed by atoms with Crippen molar-refractivity contribution in [3.05, 3.63) is 65.8 Å². The Hall–Kier alpha value is -2.99. The van der Waals surface area contributed by atoms with Crippen molar-refractivity contribution >= 4 is 33.1 Å². The molecule has 130 valence electrons. The van der Waals surface area contributed by atoms with Crippen LogP contribution in [-0.4, -0.2) is 21.5 Å². The maximum atomic E-state index is 6.10. The number of fused-ring (bicyclic) bond motifs is 1. The van der Waals surface area contributed by atoms with Crippen LogP contribution in [0.2, 0.25) is 0 Å². The first-order chi connectivity index (χ1) is 12.8. The summed E-state index contributed by atoms with van der Waals surface area (Å²) in [5.74, 6) is 1.51. The van der Waals surface area contributed by atoms with Crippen molar-refractivity contribution in [3.8, 4) is 11.4 Å². The predicted octanol–water partition coefficient (Wildman–Crippen LogP) is 4.38. The van der Waals surface area contributed by atoms with E-state index in [1.165, 1.54) is 5.56 Å². The monoisotopic (exact) mass is 361 g/mol. The lowest BCUT2D eigenvalue weighted by Crippen LogP contribution is -2.06. The van der Waals surface area contributed by atoms with E-state index in [9.17, 15) is 0 Å². The number of rotatable bonds is 6. The molecule has 26 heavy (non-hydrogen) atoms. The maximum Gasteiger partial charge on any atom is 0.162 e. The largest absolute Gasteiger partial charge is 0.396 e. The topological polar surface area (TPSA) is 76.7 Å². The molecule has 0 atom stereocenters. The Bertz CT molecular complexity index is 999. The van der Waals surface area contributed by atoms with Crippen molar-refractivity contribution in [2.45, 2.75) is 12.8 Å². The standard InChI is InChI=1S/C20H19N5S/c21-16-13-26-18-17(16)24-19(15-8-11-22-12-9-15)25-20(18)23-10-4-7-14-5-2-1-3-6-14/h1-3,5-6,8-9,11-13H,4,7,10,21H2,(H,23,24,25). The number of nitrogens with two attached hydrogens (primary N) is 1. The fourth-order valence-corrected chi connectivity index (χ4v) is 3.69. The van der Waals surface area contributed by atoms with E-state index >= 15 is 0 Å². The van der Waals surface area contributed by atoms with Crippen molar-refractivity contribution in [1.82, 2.24) is 15.0 Å². The van der Waals surface area contributed by atoms with Crippen LogP contribution in [0, 0.1) is 0 Å². The molecule has 0 unspecified atom stereocenters. The Labute approximate surface area is 156 Å². The zero-order valence-corrected chi connectivity index (χ0v) is 15.0. The molecular weight excluding hydrogens is 342 g/mol. The summed E-state index contributed by atoms with van der Waals surface area (Å²) < 4.78 is 1.00. The molecule has 0 spiro atoms. The highest BCUT2D eigenvalue weighted by molar-refractivity contribution is 7.18. The van der Waals surface area contributed by atoms with Crippen molar-refractivity contribution in [2.75, 3.05) is 17.6 Å². The van der Waals surface area contributed by atoms with E-state index in [4.69, 9.17) is 10.7 Å². The highest BCUT2D eigenvalue weighted by Crippen LogP contribution is 2.33. The second-order valence-corrected chi connectivity index (χ2v) is 6.90. The molecule has 6 heteroatoms. The molecule has 0 saturated carbocycles. The fourth-order valence-electron chi connectivity index (χ4n) is 2.83. The van der Waals surface area contributed by atoms with Crippen LogP contribution < -0.4 is 11.1 Å². The second kappa shape index (κ2) is 7.49. The third kappa shape index (κ3) is 3.50. The van der Waals surface area contributed by atoms with Crippen LogP contribution in [0.5, 0.6) is 0 Å². The molecule has 0 bridgehead atoms. The summed E-state index contributed by atoms with van der Waals surface area (Å²) in [6.45, 7) is 0.842. The number of nitrogens with zero attached hydrogens (tertiary/aromatic N) is 3. The molecule has 0 fully saturated rings. The zero-order chi connectivity index (χ0) is 17.8. The minimum Gasteiger partial charge on any atom is -0.396 e. The molecule has 5 nitrogen and oxygen atoms in total. The van der Waals surface area contributed by atoms with Gasteiger partial charge in [0.25, 0.3) is 0 Å². The van der Waals surface area contributed by atoms with Crippen molar-refractivity contribution in [2.24, 2.45) is 0 Å². The number of anilines is 2. The second-order valence-electron chi connectivity index (χ2n) is 6.02. The molecule has 3 N–H and O–H groups in total. The third-order valence-corrected chi connectivity index (χ3v) is 5.15. The molecule has 0 amide bonds. The molecule has 4 rings (SSSR count). The van der Waals surface area contributed by atoms with Gasteiger partial charge in [-0.3, -0.25) is 4.98 Å². The number of thiophene rings is 1. The van der Waals surface area contributed by atoms with Gasteiger partial charge in [0, 0.05) is 29.9 Å². The first-order valence-corrected chi connectivity index (χ1v) is 9.42. The number of hydrogen-bond acceptors (Lipinski definition) is 6. The van der Waals surface area contributed by atoms with Gasteiger partial charge in [-0.1, -0.05) is 30.3 Å². The first-order valence-electron chi connectivity index (χ1n) is 8.54. The van der Waals surface area contributed by atoms with Crippen LogP contribution in [-0.2, 0) is 6.42 Å². The highest BCUT2D eigenvalue weighted by atomic mass is 32.1. The summed E-state index contributed by atoms with van der Waals surface area (Å²) in [5.41, 5.74) is 9.88. The normalized spacial score (nSPS) is 10.9. The number of nitrogen functional groups attached to an aromatic ring is 1. The Morgan fingerprint density at radius 3 is 2.62 bits per heavy atom. The van der Waals surface area contributed by atoms with Crippen LogP contribution in [0.3, 0.4) is 0 Å². The summed E-state index contributed by atoms with van der Waals surface area (Å²) in [6.07, 6.45) is 5.55. The number of aryl methyl sites for hydroxylation is 1. The zero-order valence-electron chi connectivity index (χ0n) is 14.2. The van der Waals surface area contributed by atoms with Crippen LogP contribution in [0.15, 0.2) is 60.2 Å². The molecule has 1 aromatic carbocycles. The molecule has 0 aliphatic heterocycles. The highest BCUT2D eigenvalue weighted by Gasteiger charge is 2.13. The number of pyridine rings is 1. The summed E-state index contributed by atoms with van der Waals surface area (Å²) >= 11 is 1.57. The van der Waals surface area contributed by atoms with Gasteiger partial charge < -0.3 is 11.1 Å². The SMILES string of the molecule is Nc1csc2c(NCCCc3ccccc3)nc(-c3ccncc3)nc12. The summed E-state index contributed by atoms with van der Waals surface area (Å²) in [5, 5.41) is 5.39. The van der Waals surface area contributed by atoms with Gasteiger partial charge in [-0.25, -0.2) is 9.97 Å². The lowest BCUT2D eigenvalue weighted by Gasteiger charge is -2.09. The molecule has 3 aromatic heterocycles. The van der Waals surface area contributed by atoms with Crippen LogP contribution in [0.4, 0.5) is 11.5 Å². The van der Waals surface area contributed by atoms with E-state index in [0.717, 1.165) is 41.0 Å². The summed E-state index contributed by atoms with van der Waals surface area (Å²) in [6, 6.07) is 14.3. The van der Waals surface area contributed by atoms with Crippen molar-refractivity contribution in [3.63, 3.8) is 0 Å². The molecular formula is C20H19N5S. The van der Waals surface area contributed by atoms with E-state index in [0.29, 0.717) is 11.5 Å². The van der Waals surface area contributed by atoms with E-state index in [2.05, 4.69) is 39.6 Å². The Morgan fingerprint density at radius 1 is 1.00 bits per heavy atom. The van der Waals surface area contributed by atoms with Gasteiger partial charge >= 0.3 is 0 Å². The molecule has 0 aliphatic carbocycles. The predicted molar refractivity (Wildman–Crippen MR) is 108 cm³/mol. The quantitative estimate of drug-likeness (QED) is 0.498. The van der Waals surface area contributed by atoms with Crippen LogP contribution in [0.25, 0.3) is 21.6 Å². The number of hydrogen-bond donors (Lipinski definition) is 2. The third-order valence-electron chi connectivity index (χ3n) is 4.16. The summed E-state index contributed by atoms with van der Waals surface area (Å²) in [7, 11) is 0. The van der Waals surface area contributed by atoms with Gasteiger partial charge in [-0.05, 0) is 30.5 Å². The fraction of sp³-hybridized carbons (Fsp3) is 0.150. The van der Waals surface area contributed by atoms with Gasteiger partial charge in [0.2, 0.25) is 0 Å². The molecule has 0 saturated heterocycles. The average molecular weight is 361 g/mol. The van der Waals surface area contributed by atoms with Crippen LogP contribution in [0.1, 0.15) is 12.0 Å². The van der Waals surface area contributed by atoms with Gasteiger partial charge in [-0.15, -0.1) is 11.3 Å². The van der Waals surface area contributed by atoms with E-state index < -0.39 is 0 Å². The Balaban J connectivity index is 1.55. The van der Waals surface area contributed by atoms with Gasteiger partial charge in [0.05, 0.1) is 10.4 Å². The molecule has 3 heterocycles. The molecule has 4 aromatic rings. The number of nitrogens with one attached hydrogen (secondary N) is 1. The number of aromatic nitrogens is 3. The van der Waals surface area contributed by atoms with E-state index in [1.807, 2.05) is 23.6 Å². The van der Waals surface area contributed by atoms with Crippen molar-refractivity contribution < 1.29 is 0 Å². The smallest absolute Gasteiger partial charge is 0.162 e. The average Bonchev–Trinajstić information content (AvgIpc) is 3.08. The lowest BCUT2D eigenvalue weighted by molar-refractivity contribution is 0.860. The Kier molecular flexibility index (Phi) is 4.75. The van der Waals surface area contributed by atoms with E-state index in [-0.39, 0.29) is 0 Å². The van der Waals surface area contributed by atoms with E-state index in [1.54, 1.807) is 23.7 Å². The van der Waals surface area contributed by atoms with Crippen molar-refractivity contribution in [1.29, 1.82) is 0 Å². The minimum atomic E-state index is 0.663. The molecule has 0 aliphatic rings. The van der Waals surface area contributed by atoms with Gasteiger partial charge in [0.15, 0.2) is 5.82 Å².